The molecule has 0 aliphatic heterocycles. The second kappa shape index (κ2) is 6.89. The van der Waals surface area contributed by atoms with E-state index in [4.69, 9.17) is 5.11 Å². The van der Waals surface area contributed by atoms with Crippen LogP contribution in [-0.2, 0) is 4.79 Å². The van der Waals surface area contributed by atoms with Gasteiger partial charge < -0.3 is 10.0 Å². The zero-order valence-electron chi connectivity index (χ0n) is 10.6. The predicted octanol–water partition coefficient (Wildman–Crippen LogP) is 2.75. The Balaban J connectivity index is 2.10. The second-order valence-electron chi connectivity index (χ2n) is 5.30. The SMILES string of the molecule is CC(C)CCN(CCCCC(=O)O)C1CC1. The highest BCUT2D eigenvalue weighted by Gasteiger charge is 2.28. The molecule has 1 N–H and O–H groups in total. The fraction of sp³-hybridized carbons (Fsp3) is 0.923. The van der Waals surface area contributed by atoms with Crippen LogP contribution in [0.3, 0.4) is 0 Å². The first-order valence-electron chi connectivity index (χ1n) is 6.55. The number of aliphatic carboxylic acids is 1. The van der Waals surface area contributed by atoms with Crippen molar-refractivity contribution in [2.24, 2.45) is 5.92 Å². The lowest BCUT2D eigenvalue weighted by atomic mass is 10.1. The molecule has 16 heavy (non-hydrogen) atoms. The van der Waals surface area contributed by atoms with Crippen LogP contribution in [0.4, 0.5) is 0 Å². The number of nitrogens with zero attached hydrogens (tertiary/aromatic N) is 1. The van der Waals surface area contributed by atoms with Gasteiger partial charge in [0.25, 0.3) is 0 Å². The van der Waals surface area contributed by atoms with Crippen LogP contribution in [0.1, 0.15) is 52.4 Å². The van der Waals surface area contributed by atoms with E-state index in [1.165, 1.54) is 25.8 Å². The van der Waals surface area contributed by atoms with Gasteiger partial charge in [-0.05, 0) is 51.1 Å². The van der Waals surface area contributed by atoms with E-state index in [9.17, 15) is 4.79 Å². The number of carbonyl (C=O) groups is 1. The molecule has 0 spiro atoms. The first-order valence-corrected chi connectivity index (χ1v) is 6.55. The van der Waals surface area contributed by atoms with Crippen molar-refractivity contribution in [1.29, 1.82) is 0 Å². The maximum atomic E-state index is 10.4. The van der Waals surface area contributed by atoms with E-state index in [2.05, 4.69) is 18.7 Å². The summed E-state index contributed by atoms with van der Waals surface area (Å²) in [4.78, 5) is 12.9. The largest absolute Gasteiger partial charge is 0.481 e. The lowest BCUT2D eigenvalue weighted by Gasteiger charge is -2.22. The normalized spacial score (nSPS) is 16.0. The van der Waals surface area contributed by atoms with Gasteiger partial charge in [0.2, 0.25) is 0 Å². The lowest BCUT2D eigenvalue weighted by molar-refractivity contribution is -0.137. The van der Waals surface area contributed by atoms with E-state index in [1.54, 1.807) is 0 Å². The van der Waals surface area contributed by atoms with Gasteiger partial charge in [-0.1, -0.05) is 13.8 Å². The molecule has 1 saturated carbocycles. The van der Waals surface area contributed by atoms with E-state index in [1.807, 2.05) is 0 Å². The molecule has 0 saturated heterocycles. The number of rotatable bonds is 9. The van der Waals surface area contributed by atoms with Crippen LogP contribution in [-0.4, -0.2) is 35.1 Å². The highest BCUT2D eigenvalue weighted by molar-refractivity contribution is 5.66. The Labute approximate surface area is 98.8 Å². The van der Waals surface area contributed by atoms with Crippen molar-refractivity contribution in [3.8, 4) is 0 Å². The number of carboxylic acid groups (broad SMARTS) is 1. The smallest absolute Gasteiger partial charge is 0.303 e. The van der Waals surface area contributed by atoms with Gasteiger partial charge in [0.1, 0.15) is 0 Å². The molecule has 0 atom stereocenters. The van der Waals surface area contributed by atoms with E-state index in [-0.39, 0.29) is 0 Å². The van der Waals surface area contributed by atoms with Gasteiger partial charge in [0.05, 0.1) is 0 Å². The molecular weight excluding hydrogens is 202 g/mol. The molecule has 0 aromatic carbocycles. The van der Waals surface area contributed by atoms with Gasteiger partial charge in [-0.2, -0.15) is 0 Å². The van der Waals surface area contributed by atoms with Crippen LogP contribution < -0.4 is 0 Å². The number of hydrogen-bond acceptors (Lipinski definition) is 2. The Morgan fingerprint density at radius 2 is 2.00 bits per heavy atom. The van der Waals surface area contributed by atoms with Crippen molar-refractivity contribution in [3.63, 3.8) is 0 Å². The molecule has 0 heterocycles. The first-order chi connectivity index (χ1) is 7.59. The maximum absolute atomic E-state index is 10.4. The second-order valence-corrected chi connectivity index (χ2v) is 5.30. The highest BCUT2D eigenvalue weighted by atomic mass is 16.4. The summed E-state index contributed by atoms with van der Waals surface area (Å²) in [7, 11) is 0. The molecule has 1 aliphatic rings. The molecule has 0 radical (unpaired) electrons. The molecule has 1 aliphatic carbocycles. The minimum Gasteiger partial charge on any atom is -0.481 e. The van der Waals surface area contributed by atoms with E-state index >= 15 is 0 Å². The summed E-state index contributed by atoms with van der Waals surface area (Å²) < 4.78 is 0. The molecule has 94 valence electrons. The standard InChI is InChI=1S/C13H25NO2/c1-11(2)8-10-14(12-6-7-12)9-4-3-5-13(15)16/h11-12H,3-10H2,1-2H3,(H,15,16). The van der Waals surface area contributed by atoms with Gasteiger partial charge in [-0.3, -0.25) is 4.79 Å². The van der Waals surface area contributed by atoms with Crippen molar-refractivity contribution in [2.75, 3.05) is 13.1 Å². The third kappa shape index (κ3) is 6.11. The van der Waals surface area contributed by atoms with Crippen LogP contribution in [0.15, 0.2) is 0 Å². The molecule has 3 nitrogen and oxygen atoms in total. The summed E-state index contributed by atoms with van der Waals surface area (Å²) >= 11 is 0. The fourth-order valence-corrected chi connectivity index (χ4v) is 1.93. The van der Waals surface area contributed by atoms with Crippen LogP contribution in [0, 0.1) is 5.92 Å². The Morgan fingerprint density at radius 3 is 2.50 bits per heavy atom. The quantitative estimate of drug-likeness (QED) is 0.616. The molecule has 0 amide bonds. The monoisotopic (exact) mass is 227 g/mol. The van der Waals surface area contributed by atoms with Crippen LogP contribution >= 0.6 is 0 Å². The van der Waals surface area contributed by atoms with E-state index < -0.39 is 5.97 Å². The number of hydrogen-bond donors (Lipinski definition) is 1. The summed E-state index contributed by atoms with van der Waals surface area (Å²) in [6, 6.07) is 0.809. The molecule has 0 aromatic heterocycles. The van der Waals surface area contributed by atoms with Crippen molar-refractivity contribution in [3.05, 3.63) is 0 Å². The van der Waals surface area contributed by atoms with Crippen molar-refractivity contribution < 1.29 is 9.90 Å². The third-order valence-electron chi connectivity index (χ3n) is 3.14. The molecular formula is C13H25NO2. The Morgan fingerprint density at radius 1 is 1.31 bits per heavy atom. The van der Waals surface area contributed by atoms with E-state index in [0.717, 1.165) is 31.3 Å². The predicted molar refractivity (Wildman–Crippen MR) is 65.5 cm³/mol. The highest BCUT2D eigenvalue weighted by Crippen LogP contribution is 2.27. The molecule has 1 rings (SSSR count). The minimum atomic E-state index is -0.667. The van der Waals surface area contributed by atoms with Crippen molar-refractivity contribution in [1.82, 2.24) is 4.90 Å². The first kappa shape index (κ1) is 13.5. The molecule has 0 aromatic rings. The van der Waals surface area contributed by atoms with Crippen LogP contribution in [0.25, 0.3) is 0 Å². The minimum absolute atomic E-state index is 0.322. The van der Waals surface area contributed by atoms with Gasteiger partial charge in [-0.15, -0.1) is 0 Å². The zero-order chi connectivity index (χ0) is 12.0. The van der Waals surface area contributed by atoms with Gasteiger partial charge in [0, 0.05) is 12.5 Å². The summed E-state index contributed by atoms with van der Waals surface area (Å²) in [6.07, 6.45) is 6.12. The molecule has 0 bridgehead atoms. The molecule has 3 heteroatoms. The zero-order valence-corrected chi connectivity index (χ0v) is 10.6. The van der Waals surface area contributed by atoms with Gasteiger partial charge in [-0.25, -0.2) is 0 Å². The Bertz CT molecular complexity index is 212. The maximum Gasteiger partial charge on any atom is 0.303 e. The fourth-order valence-electron chi connectivity index (χ4n) is 1.93. The van der Waals surface area contributed by atoms with E-state index in [0.29, 0.717) is 6.42 Å². The van der Waals surface area contributed by atoms with Crippen LogP contribution in [0.2, 0.25) is 0 Å². The number of carboxylic acids is 1. The summed E-state index contributed by atoms with van der Waals surface area (Å²) in [6.45, 7) is 6.80. The number of unbranched alkanes of at least 4 members (excludes halogenated alkanes) is 1. The Kier molecular flexibility index (Phi) is 5.81. The molecule has 0 unspecified atom stereocenters. The third-order valence-corrected chi connectivity index (χ3v) is 3.14. The molecule has 1 fully saturated rings. The Hall–Kier alpha value is -0.570. The summed E-state index contributed by atoms with van der Waals surface area (Å²) in [5.41, 5.74) is 0. The summed E-state index contributed by atoms with van der Waals surface area (Å²) in [5.74, 6) is 0.0976. The average molecular weight is 227 g/mol. The van der Waals surface area contributed by atoms with Gasteiger partial charge >= 0.3 is 5.97 Å². The summed E-state index contributed by atoms with van der Waals surface area (Å²) in [5, 5.41) is 8.56. The topological polar surface area (TPSA) is 40.5 Å². The van der Waals surface area contributed by atoms with Gasteiger partial charge in [0.15, 0.2) is 0 Å². The van der Waals surface area contributed by atoms with Crippen molar-refractivity contribution >= 4 is 5.97 Å². The lowest BCUT2D eigenvalue weighted by Crippen LogP contribution is -2.29. The van der Waals surface area contributed by atoms with Crippen molar-refractivity contribution in [2.45, 2.75) is 58.4 Å². The average Bonchev–Trinajstić information content (AvgIpc) is 2.99. The van der Waals surface area contributed by atoms with Crippen LogP contribution in [0.5, 0.6) is 0 Å².